The quantitative estimate of drug-likeness (QED) is 0.737. The Morgan fingerprint density at radius 2 is 1.92 bits per heavy atom. The predicted octanol–water partition coefficient (Wildman–Crippen LogP) is 3.35. The number of hydrogen-bond acceptors (Lipinski definition) is 3. The van der Waals surface area contributed by atoms with E-state index in [4.69, 9.17) is 11.6 Å². The molecule has 6 nitrogen and oxygen atoms in total. The van der Waals surface area contributed by atoms with Gasteiger partial charge in [0.1, 0.15) is 5.82 Å². The fourth-order valence-corrected chi connectivity index (χ4v) is 4.18. The van der Waals surface area contributed by atoms with Gasteiger partial charge in [0, 0.05) is 36.6 Å². The van der Waals surface area contributed by atoms with Crippen LogP contribution in [0.25, 0.3) is 0 Å². The number of carbonyl (C=O) groups excluding carboxylic acids is 1. The molecule has 2 fully saturated rings. The Morgan fingerprint density at radius 3 is 2.58 bits per heavy atom. The first kappa shape index (κ1) is 17.8. The van der Waals surface area contributed by atoms with E-state index in [0.29, 0.717) is 29.7 Å². The first-order chi connectivity index (χ1) is 12.5. The molecular formula is C18H20BrClN4O2. The largest absolute Gasteiger partial charge is 0.345 e. The van der Waals surface area contributed by atoms with Crippen LogP contribution in [0.2, 0.25) is 5.02 Å². The summed E-state index contributed by atoms with van der Waals surface area (Å²) in [6, 6.07) is 5.63. The first-order valence-electron chi connectivity index (χ1n) is 8.85. The number of amides is 1. The van der Waals surface area contributed by atoms with Gasteiger partial charge in [-0.25, -0.2) is 9.48 Å². The van der Waals surface area contributed by atoms with Crippen molar-refractivity contribution >= 4 is 33.4 Å². The van der Waals surface area contributed by atoms with E-state index in [1.165, 1.54) is 4.68 Å². The van der Waals surface area contributed by atoms with Gasteiger partial charge in [-0.05, 0) is 43.9 Å². The Hall–Kier alpha value is -1.60. The monoisotopic (exact) mass is 438 g/mol. The number of piperidine rings is 1. The lowest BCUT2D eigenvalue weighted by atomic mass is 9.95. The van der Waals surface area contributed by atoms with Gasteiger partial charge < -0.3 is 4.90 Å². The number of aryl methyl sites for hydroxylation is 1. The van der Waals surface area contributed by atoms with E-state index >= 15 is 0 Å². The number of nitrogens with zero attached hydrogens (tertiary/aromatic N) is 4. The van der Waals surface area contributed by atoms with Gasteiger partial charge in [0.2, 0.25) is 0 Å². The fourth-order valence-electron chi connectivity index (χ4n) is 3.63. The number of likely N-dealkylation sites (tertiary alicyclic amines) is 1. The molecule has 0 bridgehead atoms. The van der Waals surface area contributed by atoms with Crippen LogP contribution in [0.4, 0.5) is 0 Å². The first-order valence-corrected chi connectivity index (χ1v) is 10.0. The van der Waals surface area contributed by atoms with Crippen LogP contribution in [-0.4, -0.2) is 38.2 Å². The number of benzene rings is 1. The molecule has 1 saturated heterocycles. The van der Waals surface area contributed by atoms with E-state index in [1.807, 2.05) is 15.5 Å². The average Bonchev–Trinajstić information content (AvgIpc) is 3.43. The van der Waals surface area contributed by atoms with Gasteiger partial charge in [-0.2, -0.15) is 5.10 Å². The summed E-state index contributed by atoms with van der Waals surface area (Å²) in [5, 5.41) is 4.95. The predicted molar refractivity (Wildman–Crippen MR) is 103 cm³/mol. The van der Waals surface area contributed by atoms with Crippen molar-refractivity contribution in [3.05, 3.63) is 49.6 Å². The number of aromatic nitrogens is 3. The van der Waals surface area contributed by atoms with Crippen molar-refractivity contribution < 1.29 is 4.79 Å². The van der Waals surface area contributed by atoms with Gasteiger partial charge >= 0.3 is 5.69 Å². The number of rotatable bonds is 3. The molecule has 0 radical (unpaired) electrons. The molecule has 2 aromatic rings. The maximum Gasteiger partial charge on any atom is 0.345 e. The van der Waals surface area contributed by atoms with E-state index < -0.39 is 0 Å². The Labute approximate surface area is 164 Å². The maximum absolute atomic E-state index is 12.8. The third-order valence-electron chi connectivity index (χ3n) is 5.20. The molecule has 0 spiro atoms. The zero-order chi connectivity index (χ0) is 18.4. The van der Waals surface area contributed by atoms with Gasteiger partial charge in [-0.15, -0.1) is 0 Å². The zero-order valence-electron chi connectivity index (χ0n) is 14.5. The highest BCUT2D eigenvalue weighted by molar-refractivity contribution is 9.10. The Bertz CT molecular complexity index is 910. The van der Waals surface area contributed by atoms with Crippen molar-refractivity contribution in [3.63, 3.8) is 0 Å². The third kappa shape index (κ3) is 3.22. The fraction of sp³-hybridized carbons (Fsp3) is 0.500. The van der Waals surface area contributed by atoms with Crippen molar-refractivity contribution in [2.75, 3.05) is 13.1 Å². The SMILES string of the molecule is Cn1nc(C2CCN(C(=O)c3cc(Br)ccc3Cl)CC2)n(C2CC2)c1=O. The van der Waals surface area contributed by atoms with Crippen LogP contribution in [-0.2, 0) is 7.05 Å². The van der Waals surface area contributed by atoms with Crippen LogP contribution >= 0.6 is 27.5 Å². The summed E-state index contributed by atoms with van der Waals surface area (Å²) in [7, 11) is 1.71. The van der Waals surface area contributed by atoms with Crippen LogP contribution in [0.1, 0.15) is 53.8 Å². The second-order valence-corrected chi connectivity index (χ2v) is 8.38. The molecule has 0 atom stereocenters. The molecule has 2 aliphatic rings. The van der Waals surface area contributed by atoms with Crippen molar-refractivity contribution in [2.45, 2.75) is 37.6 Å². The van der Waals surface area contributed by atoms with E-state index in [0.717, 1.165) is 36.0 Å². The Morgan fingerprint density at radius 1 is 1.23 bits per heavy atom. The van der Waals surface area contributed by atoms with Gasteiger partial charge in [-0.1, -0.05) is 27.5 Å². The van der Waals surface area contributed by atoms with Gasteiger partial charge in [0.25, 0.3) is 5.91 Å². The summed E-state index contributed by atoms with van der Waals surface area (Å²) in [5.41, 5.74) is 0.495. The summed E-state index contributed by atoms with van der Waals surface area (Å²) >= 11 is 9.59. The summed E-state index contributed by atoms with van der Waals surface area (Å²) < 4.78 is 4.14. The molecule has 1 saturated carbocycles. The lowest BCUT2D eigenvalue weighted by molar-refractivity contribution is 0.0710. The molecule has 2 heterocycles. The lowest BCUT2D eigenvalue weighted by Gasteiger charge is -2.32. The highest BCUT2D eigenvalue weighted by Crippen LogP contribution is 2.37. The minimum atomic E-state index is -0.0460. The number of hydrogen-bond donors (Lipinski definition) is 0. The topological polar surface area (TPSA) is 60.1 Å². The average molecular weight is 440 g/mol. The summed E-state index contributed by atoms with van der Waals surface area (Å²) in [6.45, 7) is 1.28. The van der Waals surface area contributed by atoms with E-state index in [2.05, 4.69) is 21.0 Å². The van der Waals surface area contributed by atoms with Crippen LogP contribution in [0, 0.1) is 0 Å². The molecule has 1 amide bonds. The van der Waals surface area contributed by atoms with E-state index in [-0.39, 0.29) is 17.5 Å². The Balaban J connectivity index is 1.50. The molecule has 0 N–H and O–H groups in total. The molecule has 138 valence electrons. The summed E-state index contributed by atoms with van der Waals surface area (Å²) in [5.74, 6) is 1.05. The third-order valence-corrected chi connectivity index (χ3v) is 6.02. The summed E-state index contributed by atoms with van der Waals surface area (Å²) in [4.78, 5) is 27.0. The standard InChI is InChI=1S/C18H20BrClN4O2/c1-22-18(26)24(13-3-4-13)16(21-22)11-6-8-23(9-7-11)17(25)14-10-12(19)2-5-15(14)20/h2,5,10-11,13H,3-4,6-9H2,1H3. The molecule has 1 aliphatic carbocycles. The van der Waals surface area contributed by atoms with Crippen molar-refractivity contribution in [1.82, 2.24) is 19.2 Å². The number of halogens is 2. The van der Waals surface area contributed by atoms with Crippen molar-refractivity contribution in [3.8, 4) is 0 Å². The summed E-state index contributed by atoms with van der Waals surface area (Å²) in [6.07, 6.45) is 3.72. The second kappa shape index (κ2) is 6.85. The molecule has 1 aromatic heterocycles. The minimum Gasteiger partial charge on any atom is -0.339 e. The highest BCUT2D eigenvalue weighted by atomic mass is 79.9. The van der Waals surface area contributed by atoms with Crippen LogP contribution in [0.15, 0.2) is 27.5 Å². The molecule has 1 aliphatic heterocycles. The van der Waals surface area contributed by atoms with Crippen LogP contribution in [0.3, 0.4) is 0 Å². The molecular weight excluding hydrogens is 420 g/mol. The minimum absolute atomic E-state index is 0.0260. The van der Waals surface area contributed by atoms with Gasteiger partial charge in [0.15, 0.2) is 0 Å². The smallest absolute Gasteiger partial charge is 0.339 e. The lowest BCUT2D eigenvalue weighted by Crippen LogP contribution is -2.38. The maximum atomic E-state index is 12.8. The molecule has 0 unspecified atom stereocenters. The van der Waals surface area contributed by atoms with Gasteiger partial charge in [-0.3, -0.25) is 9.36 Å². The second-order valence-electron chi connectivity index (χ2n) is 7.06. The highest BCUT2D eigenvalue weighted by Gasteiger charge is 2.34. The molecule has 1 aromatic carbocycles. The van der Waals surface area contributed by atoms with Crippen LogP contribution < -0.4 is 5.69 Å². The molecule has 26 heavy (non-hydrogen) atoms. The molecule has 4 rings (SSSR count). The van der Waals surface area contributed by atoms with Gasteiger partial charge in [0.05, 0.1) is 10.6 Å². The van der Waals surface area contributed by atoms with Crippen molar-refractivity contribution in [1.29, 1.82) is 0 Å². The number of carbonyl (C=O) groups is 1. The van der Waals surface area contributed by atoms with Crippen molar-refractivity contribution in [2.24, 2.45) is 7.05 Å². The van der Waals surface area contributed by atoms with E-state index in [1.54, 1.807) is 19.2 Å². The zero-order valence-corrected chi connectivity index (χ0v) is 16.8. The normalized spacial score (nSPS) is 18.3. The molecule has 8 heteroatoms. The van der Waals surface area contributed by atoms with Crippen LogP contribution in [0.5, 0.6) is 0 Å². The Kier molecular flexibility index (Phi) is 4.69. The van der Waals surface area contributed by atoms with E-state index in [9.17, 15) is 9.59 Å².